The molecule has 0 aliphatic rings. The zero-order chi connectivity index (χ0) is 20.9. The third-order valence-corrected chi connectivity index (χ3v) is 5.48. The van der Waals surface area contributed by atoms with Gasteiger partial charge in [-0.25, -0.2) is 21.9 Å². The summed E-state index contributed by atoms with van der Waals surface area (Å²) in [5, 5.41) is 2.27. The summed E-state index contributed by atoms with van der Waals surface area (Å²) in [6.45, 7) is -0.672. The van der Waals surface area contributed by atoms with Crippen molar-refractivity contribution >= 4 is 27.6 Å². The van der Waals surface area contributed by atoms with Crippen LogP contribution < -0.4 is 10.1 Å². The number of nitrogens with zero attached hydrogens (tertiary/aromatic N) is 1. The first-order valence-electron chi connectivity index (χ1n) is 7.99. The molecular formula is C18H19FN2O6S. The van der Waals surface area contributed by atoms with Gasteiger partial charge in [0.25, 0.3) is 5.91 Å². The smallest absolute Gasteiger partial charge is 0.338 e. The number of carbonyl (C=O) groups is 2. The topological polar surface area (TPSA) is 102 Å². The zero-order valence-electron chi connectivity index (χ0n) is 15.4. The number of halogens is 1. The lowest BCUT2D eigenvalue weighted by Gasteiger charge is -2.15. The molecule has 0 saturated carbocycles. The highest BCUT2D eigenvalue weighted by molar-refractivity contribution is 7.89. The Morgan fingerprint density at radius 3 is 2.43 bits per heavy atom. The number of hydrogen-bond acceptors (Lipinski definition) is 6. The highest BCUT2D eigenvalue weighted by atomic mass is 32.2. The molecule has 0 aromatic heterocycles. The van der Waals surface area contributed by atoms with Crippen molar-refractivity contribution < 1.29 is 31.9 Å². The van der Waals surface area contributed by atoms with Gasteiger partial charge in [-0.2, -0.15) is 0 Å². The number of para-hydroxylation sites is 1. The lowest BCUT2D eigenvalue weighted by Crippen LogP contribution is -2.24. The summed E-state index contributed by atoms with van der Waals surface area (Å²) in [6, 6.07) is 9.26. The van der Waals surface area contributed by atoms with Gasteiger partial charge in [-0.15, -0.1) is 0 Å². The van der Waals surface area contributed by atoms with Gasteiger partial charge in [-0.3, -0.25) is 4.79 Å². The molecule has 0 radical (unpaired) electrons. The Balaban J connectivity index is 2.12. The summed E-state index contributed by atoms with van der Waals surface area (Å²) in [4.78, 5) is 23.8. The molecule has 8 nitrogen and oxygen atoms in total. The van der Waals surface area contributed by atoms with Crippen molar-refractivity contribution in [2.75, 3.05) is 33.1 Å². The second kappa shape index (κ2) is 8.81. The molecule has 2 rings (SSSR count). The molecule has 28 heavy (non-hydrogen) atoms. The summed E-state index contributed by atoms with van der Waals surface area (Å²) in [5.74, 6) is -2.23. The van der Waals surface area contributed by atoms with Gasteiger partial charge < -0.3 is 14.8 Å². The van der Waals surface area contributed by atoms with E-state index in [1.165, 1.54) is 57.6 Å². The zero-order valence-corrected chi connectivity index (χ0v) is 16.2. The molecule has 150 valence electrons. The van der Waals surface area contributed by atoms with Crippen molar-refractivity contribution in [3.8, 4) is 5.75 Å². The van der Waals surface area contributed by atoms with E-state index in [1.54, 1.807) is 0 Å². The molecule has 10 heteroatoms. The van der Waals surface area contributed by atoms with E-state index in [0.29, 0.717) is 0 Å². The standard InChI is InChI=1S/C18H19FN2O6S/c1-21(2)28(24,25)16-10-12(8-9-15(16)26-3)18(23)27-11-17(22)20-14-7-5-4-6-13(14)19/h4-10H,11H2,1-3H3,(H,20,22). The molecule has 0 heterocycles. The number of esters is 1. The first-order valence-corrected chi connectivity index (χ1v) is 9.43. The predicted molar refractivity (Wildman–Crippen MR) is 99.2 cm³/mol. The van der Waals surface area contributed by atoms with E-state index in [9.17, 15) is 22.4 Å². The van der Waals surface area contributed by atoms with Crippen molar-refractivity contribution in [1.82, 2.24) is 4.31 Å². The molecule has 0 saturated heterocycles. The fourth-order valence-electron chi connectivity index (χ4n) is 2.17. The number of anilines is 1. The Morgan fingerprint density at radius 1 is 1.14 bits per heavy atom. The first-order chi connectivity index (χ1) is 13.2. The fourth-order valence-corrected chi connectivity index (χ4v) is 3.24. The minimum absolute atomic E-state index is 0.0487. The largest absolute Gasteiger partial charge is 0.495 e. The van der Waals surface area contributed by atoms with Gasteiger partial charge in [-0.05, 0) is 30.3 Å². The maximum Gasteiger partial charge on any atom is 0.338 e. The summed E-state index contributed by atoms with van der Waals surface area (Å²) >= 11 is 0. The molecule has 2 aromatic rings. The average molecular weight is 410 g/mol. The minimum atomic E-state index is -3.87. The summed E-state index contributed by atoms with van der Waals surface area (Å²) < 4.78 is 49.2. The Morgan fingerprint density at radius 2 is 1.82 bits per heavy atom. The van der Waals surface area contributed by atoms with Crippen LogP contribution in [0.5, 0.6) is 5.75 Å². The summed E-state index contributed by atoms with van der Waals surface area (Å²) in [5.41, 5.74) is -0.132. The van der Waals surface area contributed by atoms with Gasteiger partial charge in [0.1, 0.15) is 16.5 Å². The number of methoxy groups -OCH3 is 1. The van der Waals surface area contributed by atoms with Crippen LogP contribution in [0.3, 0.4) is 0 Å². The maximum atomic E-state index is 13.5. The Kier molecular flexibility index (Phi) is 6.71. The van der Waals surface area contributed by atoms with E-state index in [-0.39, 0.29) is 21.9 Å². The third kappa shape index (κ3) is 4.84. The van der Waals surface area contributed by atoms with E-state index in [4.69, 9.17) is 9.47 Å². The highest BCUT2D eigenvalue weighted by Gasteiger charge is 2.24. The molecule has 1 N–H and O–H groups in total. The predicted octanol–water partition coefficient (Wildman–Crippen LogP) is 1.88. The van der Waals surface area contributed by atoms with Gasteiger partial charge in [0.2, 0.25) is 10.0 Å². The summed E-state index contributed by atoms with van der Waals surface area (Å²) in [6.07, 6.45) is 0. The minimum Gasteiger partial charge on any atom is -0.495 e. The number of amides is 1. The first kappa shape index (κ1) is 21.3. The Hall–Kier alpha value is -2.98. The van der Waals surface area contributed by atoms with Crippen LogP contribution in [0.15, 0.2) is 47.4 Å². The van der Waals surface area contributed by atoms with Crippen molar-refractivity contribution in [3.05, 3.63) is 53.8 Å². The van der Waals surface area contributed by atoms with E-state index < -0.39 is 34.3 Å². The van der Waals surface area contributed by atoms with Crippen molar-refractivity contribution in [1.29, 1.82) is 0 Å². The van der Waals surface area contributed by atoms with Gasteiger partial charge in [0.05, 0.1) is 18.4 Å². The molecule has 2 aromatic carbocycles. The molecule has 0 atom stereocenters. The third-order valence-electron chi connectivity index (χ3n) is 3.64. The van der Waals surface area contributed by atoms with Crippen LogP contribution in [0.25, 0.3) is 0 Å². The van der Waals surface area contributed by atoms with Crippen LogP contribution in [-0.4, -0.2) is 52.4 Å². The average Bonchev–Trinajstić information content (AvgIpc) is 2.67. The number of carbonyl (C=O) groups excluding carboxylic acids is 2. The van der Waals surface area contributed by atoms with Gasteiger partial charge in [0, 0.05) is 14.1 Å². The van der Waals surface area contributed by atoms with Crippen LogP contribution in [0.1, 0.15) is 10.4 Å². The molecule has 0 spiro atoms. The summed E-state index contributed by atoms with van der Waals surface area (Å²) in [7, 11) is 0.108. The van der Waals surface area contributed by atoms with Crippen LogP contribution in [0, 0.1) is 5.82 Å². The van der Waals surface area contributed by atoms with Crippen LogP contribution in [-0.2, 0) is 19.6 Å². The van der Waals surface area contributed by atoms with Gasteiger partial charge >= 0.3 is 5.97 Å². The number of rotatable bonds is 7. The van der Waals surface area contributed by atoms with E-state index in [1.807, 2.05) is 0 Å². The van der Waals surface area contributed by atoms with Crippen LogP contribution in [0.4, 0.5) is 10.1 Å². The second-order valence-corrected chi connectivity index (χ2v) is 7.88. The number of ether oxygens (including phenoxy) is 2. The number of nitrogens with one attached hydrogen (secondary N) is 1. The van der Waals surface area contributed by atoms with Gasteiger partial charge in [-0.1, -0.05) is 12.1 Å². The second-order valence-electron chi connectivity index (χ2n) is 5.76. The number of benzene rings is 2. The van der Waals surface area contributed by atoms with Crippen molar-refractivity contribution in [2.24, 2.45) is 0 Å². The lowest BCUT2D eigenvalue weighted by molar-refractivity contribution is -0.119. The van der Waals surface area contributed by atoms with Crippen molar-refractivity contribution in [3.63, 3.8) is 0 Å². The van der Waals surface area contributed by atoms with Crippen molar-refractivity contribution in [2.45, 2.75) is 4.90 Å². The number of sulfonamides is 1. The van der Waals surface area contributed by atoms with Crippen LogP contribution >= 0.6 is 0 Å². The quantitative estimate of drug-likeness (QED) is 0.700. The molecule has 1 amide bonds. The van der Waals surface area contributed by atoms with Crippen LogP contribution in [0.2, 0.25) is 0 Å². The highest BCUT2D eigenvalue weighted by Crippen LogP contribution is 2.27. The number of hydrogen-bond donors (Lipinski definition) is 1. The Bertz CT molecular complexity index is 991. The Labute approximate surface area is 161 Å². The van der Waals surface area contributed by atoms with E-state index in [2.05, 4.69) is 5.32 Å². The van der Waals surface area contributed by atoms with Gasteiger partial charge in [0.15, 0.2) is 6.61 Å². The van der Waals surface area contributed by atoms with E-state index in [0.717, 1.165) is 10.4 Å². The fraction of sp³-hybridized carbons (Fsp3) is 0.222. The molecule has 0 unspecified atom stereocenters. The van der Waals surface area contributed by atoms with E-state index >= 15 is 0 Å². The monoisotopic (exact) mass is 410 g/mol. The molecular weight excluding hydrogens is 391 g/mol. The SMILES string of the molecule is COc1ccc(C(=O)OCC(=O)Nc2ccccc2F)cc1S(=O)(=O)N(C)C. The molecule has 0 aliphatic heterocycles. The normalized spacial score (nSPS) is 11.2. The molecule has 0 fully saturated rings. The molecule has 0 aliphatic carbocycles. The molecule has 0 bridgehead atoms. The lowest BCUT2D eigenvalue weighted by atomic mass is 10.2. The maximum absolute atomic E-state index is 13.5.